The normalized spacial score (nSPS) is 16.8. The number of aryl methyl sites for hydroxylation is 2. The number of carbonyl (C=O) groups is 2. The summed E-state index contributed by atoms with van der Waals surface area (Å²) in [6.45, 7) is 11.9. The maximum Gasteiger partial charge on any atom is 0.237 e. The molecule has 0 saturated heterocycles. The zero-order chi connectivity index (χ0) is 36.5. The molecule has 262 valence electrons. The lowest BCUT2D eigenvalue weighted by Crippen LogP contribution is -2.37. The minimum absolute atomic E-state index is 0.136. The van der Waals surface area contributed by atoms with E-state index in [0.717, 1.165) is 84.6 Å². The lowest BCUT2D eigenvalue weighted by molar-refractivity contribution is -0.122. The Morgan fingerprint density at radius 2 is 1.35 bits per heavy atom. The van der Waals surface area contributed by atoms with Crippen LogP contribution in [0.1, 0.15) is 63.1 Å². The summed E-state index contributed by atoms with van der Waals surface area (Å²) < 4.78 is 5.76. The predicted molar refractivity (Wildman–Crippen MR) is 205 cm³/mol. The average molecular weight is 709 g/mol. The topological polar surface area (TPSA) is 105 Å². The highest BCUT2D eigenvalue weighted by Gasteiger charge is 2.49. The fourth-order valence-corrected chi connectivity index (χ4v) is 8.12. The highest BCUT2D eigenvalue weighted by molar-refractivity contribution is 7.18. The summed E-state index contributed by atoms with van der Waals surface area (Å²) in [7, 11) is 1.84. The Hall–Kier alpha value is -5.48. The molecule has 4 aromatic heterocycles. The van der Waals surface area contributed by atoms with Crippen LogP contribution < -0.4 is 9.80 Å². The average Bonchev–Trinajstić information content (AvgIpc) is 3.48. The van der Waals surface area contributed by atoms with Crippen LogP contribution in [0.3, 0.4) is 0 Å². The molecule has 52 heavy (non-hydrogen) atoms. The van der Waals surface area contributed by atoms with Gasteiger partial charge < -0.3 is 14.2 Å². The van der Waals surface area contributed by atoms with Gasteiger partial charge in [0.25, 0.3) is 0 Å². The smallest absolute Gasteiger partial charge is 0.237 e. The van der Waals surface area contributed by atoms with Crippen LogP contribution in [0.5, 0.6) is 0 Å². The van der Waals surface area contributed by atoms with E-state index in [2.05, 4.69) is 38.1 Å². The molecule has 1 aliphatic carbocycles. The van der Waals surface area contributed by atoms with E-state index < -0.39 is 10.8 Å². The van der Waals surface area contributed by atoms with E-state index in [-0.39, 0.29) is 11.8 Å². The largest absolute Gasteiger partial charge is 0.444 e. The number of fused-ring (bicyclic) bond motifs is 2. The van der Waals surface area contributed by atoms with E-state index >= 15 is 0 Å². The van der Waals surface area contributed by atoms with Crippen molar-refractivity contribution in [3.05, 3.63) is 108 Å². The fraction of sp³-hybridized carbons (Fsp3) is 0.286. The Balaban J connectivity index is 0.000000149. The third kappa shape index (κ3) is 5.71. The number of anilines is 2. The van der Waals surface area contributed by atoms with Gasteiger partial charge in [0, 0.05) is 71.1 Å². The molecule has 0 bridgehead atoms. The first-order valence-electron chi connectivity index (χ1n) is 17.5. The number of nitrogens with zero attached hydrogens (tertiary/aromatic N) is 6. The maximum absolute atomic E-state index is 12.9. The van der Waals surface area contributed by atoms with Crippen molar-refractivity contribution in [2.75, 3.05) is 16.8 Å². The van der Waals surface area contributed by atoms with Gasteiger partial charge in [-0.1, -0.05) is 18.2 Å². The molecule has 2 aromatic carbocycles. The van der Waals surface area contributed by atoms with Gasteiger partial charge in [-0.15, -0.1) is 11.3 Å². The molecule has 0 unspecified atom stereocenters. The SMILES string of the molecule is Cc1cc(-c2coc(-c3ccc4c(c3)N(C3CC3)C(=O)C4(C)C)n2)ccn1.Cc1cc(-c2ncc(-c3ccc4c(c3)N(C)C(=O)C4(C)C)s2)ccn1. The van der Waals surface area contributed by atoms with Gasteiger partial charge in [-0.3, -0.25) is 19.6 Å². The highest BCUT2D eigenvalue weighted by atomic mass is 32.1. The summed E-state index contributed by atoms with van der Waals surface area (Å²) in [6.07, 6.45) is 9.32. The van der Waals surface area contributed by atoms with Crippen LogP contribution in [-0.2, 0) is 20.4 Å². The highest BCUT2D eigenvalue weighted by Crippen LogP contribution is 2.48. The molecule has 0 spiro atoms. The minimum atomic E-state index is -0.479. The van der Waals surface area contributed by atoms with Crippen molar-refractivity contribution in [1.82, 2.24) is 19.9 Å². The number of rotatable bonds is 5. The number of amides is 2. The number of oxazole rings is 1. The lowest BCUT2D eigenvalue weighted by atomic mass is 9.86. The van der Waals surface area contributed by atoms with Crippen LogP contribution in [0.2, 0.25) is 0 Å². The zero-order valence-corrected chi connectivity index (χ0v) is 31.2. The van der Waals surface area contributed by atoms with E-state index in [9.17, 15) is 9.59 Å². The number of likely N-dealkylation sites (N-methyl/N-ethyl adjacent to an activating group) is 1. The molecule has 1 saturated carbocycles. The molecule has 10 heteroatoms. The van der Waals surface area contributed by atoms with Crippen molar-refractivity contribution >= 4 is 34.5 Å². The van der Waals surface area contributed by atoms with Crippen LogP contribution in [0.25, 0.3) is 43.7 Å². The standard InChI is InChI=1S/C22H21N3O2.C20H19N3OS/c1-13-10-14(8-9-23-13)18-12-27-20(24-18)15-4-7-17-19(11-15)25(16-5-6-16)21(26)22(17,2)3;1-12-9-14(7-8-21-12)18-22-11-17(25-18)13-5-6-15-16(10-13)23(4)19(24)20(15,2)3/h4,7-12,16H,5-6H2,1-3H3;5-11H,1-4H3. The predicted octanol–water partition coefficient (Wildman–Crippen LogP) is 8.93. The number of hydrogen-bond donors (Lipinski definition) is 0. The number of carbonyl (C=O) groups excluding carboxylic acids is 2. The first-order valence-corrected chi connectivity index (χ1v) is 18.3. The first kappa shape index (κ1) is 33.7. The molecule has 2 amide bonds. The summed E-state index contributed by atoms with van der Waals surface area (Å²) >= 11 is 1.65. The number of aromatic nitrogens is 4. The molecule has 9 rings (SSSR count). The van der Waals surface area contributed by atoms with Crippen molar-refractivity contribution in [2.45, 2.75) is 71.3 Å². The van der Waals surface area contributed by atoms with Gasteiger partial charge in [0.1, 0.15) is 17.0 Å². The summed E-state index contributed by atoms with van der Waals surface area (Å²) in [4.78, 5) is 47.9. The van der Waals surface area contributed by atoms with Gasteiger partial charge in [-0.2, -0.15) is 0 Å². The lowest BCUT2D eigenvalue weighted by Gasteiger charge is -2.19. The number of hydrogen-bond acceptors (Lipinski definition) is 8. The number of benzene rings is 2. The van der Waals surface area contributed by atoms with Crippen LogP contribution in [0.4, 0.5) is 11.4 Å². The minimum Gasteiger partial charge on any atom is -0.444 e. The van der Waals surface area contributed by atoms with Crippen molar-refractivity contribution in [3.8, 4) is 43.7 Å². The molecule has 2 aliphatic heterocycles. The molecular weight excluding hydrogens is 669 g/mol. The Morgan fingerprint density at radius 1 is 0.731 bits per heavy atom. The van der Waals surface area contributed by atoms with Crippen LogP contribution in [-0.4, -0.2) is 44.8 Å². The molecule has 1 fully saturated rings. The number of pyridine rings is 2. The third-order valence-electron chi connectivity index (χ3n) is 10.3. The molecule has 6 heterocycles. The first-order chi connectivity index (χ1) is 24.8. The molecule has 0 N–H and O–H groups in total. The summed E-state index contributed by atoms with van der Waals surface area (Å²) in [6, 6.07) is 20.6. The second-order valence-electron chi connectivity index (χ2n) is 14.9. The van der Waals surface area contributed by atoms with Crippen LogP contribution in [0, 0.1) is 13.8 Å². The zero-order valence-electron chi connectivity index (χ0n) is 30.4. The van der Waals surface area contributed by atoms with Gasteiger partial charge in [-0.05, 0) is 114 Å². The Morgan fingerprint density at radius 3 is 2.04 bits per heavy atom. The number of thiazole rings is 1. The van der Waals surface area contributed by atoms with Gasteiger partial charge in [0.2, 0.25) is 17.7 Å². The van der Waals surface area contributed by atoms with Crippen molar-refractivity contribution in [2.24, 2.45) is 0 Å². The quantitative estimate of drug-likeness (QED) is 0.176. The van der Waals surface area contributed by atoms with E-state index in [0.29, 0.717) is 11.9 Å². The maximum atomic E-state index is 12.9. The molecular formula is C42H40N6O3S. The van der Waals surface area contributed by atoms with Crippen molar-refractivity contribution in [3.63, 3.8) is 0 Å². The summed E-state index contributed by atoms with van der Waals surface area (Å²) in [5.41, 5.74) is 9.96. The van der Waals surface area contributed by atoms with E-state index in [1.54, 1.807) is 28.7 Å². The second-order valence-corrected chi connectivity index (χ2v) is 16.0. The summed E-state index contributed by atoms with van der Waals surface area (Å²) in [5.74, 6) is 0.893. The molecule has 6 aromatic rings. The van der Waals surface area contributed by atoms with E-state index in [1.165, 1.54) is 0 Å². The van der Waals surface area contributed by atoms with Crippen molar-refractivity contribution < 1.29 is 14.0 Å². The Labute approximate surface area is 307 Å². The molecule has 0 atom stereocenters. The van der Waals surface area contributed by atoms with Crippen molar-refractivity contribution in [1.29, 1.82) is 0 Å². The molecule has 9 nitrogen and oxygen atoms in total. The van der Waals surface area contributed by atoms with Gasteiger partial charge in [-0.25, -0.2) is 9.97 Å². The molecule has 3 aliphatic rings. The van der Waals surface area contributed by atoms with E-state index in [1.807, 2.05) is 108 Å². The van der Waals surface area contributed by atoms with Gasteiger partial charge >= 0.3 is 0 Å². The van der Waals surface area contributed by atoms with Gasteiger partial charge in [0.15, 0.2) is 0 Å². The Bertz CT molecular complexity index is 2390. The molecule has 0 radical (unpaired) electrons. The third-order valence-corrected chi connectivity index (χ3v) is 11.4. The van der Waals surface area contributed by atoms with Crippen LogP contribution >= 0.6 is 11.3 Å². The van der Waals surface area contributed by atoms with Crippen LogP contribution in [0.15, 0.2) is 89.9 Å². The van der Waals surface area contributed by atoms with Gasteiger partial charge in [0.05, 0.1) is 15.7 Å². The summed E-state index contributed by atoms with van der Waals surface area (Å²) in [5, 5.41) is 0.978. The Kier molecular flexibility index (Phi) is 7.98. The fourth-order valence-electron chi connectivity index (χ4n) is 7.21. The second kappa shape index (κ2) is 12.3. The monoisotopic (exact) mass is 708 g/mol. The van der Waals surface area contributed by atoms with E-state index in [4.69, 9.17) is 4.42 Å².